The highest BCUT2D eigenvalue weighted by Crippen LogP contribution is 2.10. The molecule has 0 bridgehead atoms. The SMILES string of the molecule is Cc1cc(=O)[nH]c2ncoc12. The van der Waals surface area contributed by atoms with Gasteiger partial charge in [-0.1, -0.05) is 0 Å². The zero-order chi connectivity index (χ0) is 7.84. The lowest BCUT2D eigenvalue weighted by atomic mass is 10.3. The molecule has 2 aromatic rings. The Morgan fingerprint density at radius 3 is 3.27 bits per heavy atom. The number of hydrogen-bond donors (Lipinski definition) is 1. The molecule has 0 aliphatic heterocycles. The van der Waals surface area contributed by atoms with Crippen LogP contribution in [0, 0.1) is 6.92 Å². The van der Waals surface area contributed by atoms with E-state index in [1.54, 1.807) is 0 Å². The molecule has 0 saturated heterocycles. The van der Waals surface area contributed by atoms with Gasteiger partial charge >= 0.3 is 0 Å². The molecule has 2 heterocycles. The van der Waals surface area contributed by atoms with E-state index in [1.807, 2.05) is 6.92 Å². The number of aromatic amines is 1. The average Bonchev–Trinajstić information content (AvgIpc) is 2.34. The number of fused-ring (bicyclic) bond motifs is 1. The van der Waals surface area contributed by atoms with E-state index in [2.05, 4.69) is 9.97 Å². The number of aromatic nitrogens is 2. The van der Waals surface area contributed by atoms with Gasteiger partial charge in [-0.15, -0.1) is 0 Å². The monoisotopic (exact) mass is 150 g/mol. The Hall–Kier alpha value is -1.58. The van der Waals surface area contributed by atoms with Crippen LogP contribution in [0.25, 0.3) is 11.2 Å². The van der Waals surface area contributed by atoms with Gasteiger partial charge in [-0.25, -0.2) is 0 Å². The van der Waals surface area contributed by atoms with Gasteiger partial charge in [0.15, 0.2) is 17.6 Å². The standard InChI is InChI=1S/C7H6N2O2/c1-4-2-5(10)9-7-6(4)11-3-8-7/h2-3H,1H3,(H,9,10). The fourth-order valence-electron chi connectivity index (χ4n) is 1.03. The molecule has 0 aromatic carbocycles. The third-order valence-electron chi connectivity index (χ3n) is 1.51. The van der Waals surface area contributed by atoms with Crippen molar-refractivity contribution in [2.24, 2.45) is 0 Å². The summed E-state index contributed by atoms with van der Waals surface area (Å²) in [6.45, 7) is 1.81. The fraction of sp³-hybridized carbons (Fsp3) is 0.143. The van der Waals surface area contributed by atoms with Crippen LogP contribution in [0.2, 0.25) is 0 Å². The van der Waals surface area contributed by atoms with Gasteiger partial charge in [0.2, 0.25) is 5.56 Å². The predicted molar refractivity (Wildman–Crippen MR) is 39.4 cm³/mol. The topological polar surface area (TPSA) is 58.9 Å². The Bertz CT molecular complexity index is 441. The summed E-state index contributed by atoms with van der Waals surface area (Å²) in [5, 5.41) is 0. The molecule has 0 saturated carbocycles. The van der Waals surface area contributed by atoms with Crippen LogP contribution in [-0.4, -0.2) is 9.97 Å². The van der Waals surface area contributed by atoms with Crippen molar-refractivity contribution >= 4 is 11.2 Å². The Labute approximate surface area is 61.9 Å². The van der Waals surface area contributed by atoms with Crippen LogP contribution < -0.4 is 5.56 Å². The first-order chi connectivity index (χ1) is 5.27. The molecule has 0 amide bonds. The molecule has 0 spiro atoms. The van der Waals surface area contributed by atoms with Crippen LogP contribution >= 0.6 is 0 Å². The van der Waals surface area contributed by atoms with Gasteiger partial charge in [0.05, 0.1) is 0 Å². The van der Waals surface area contributed by atoms with Crippen LogP contribution in [-0.2, 0) is 0 Å². The Kier molecular flexibility index (Phi) is 1.09. The summed E-state index contributed by atoms with van der Waals surface area (Å²) in [5.74, 6) is 0. The second-order valence-electron chi connectivity index (χ2n) is 2.35. The maximum absolute atomic E-state index is 10.9. The number of H-pyrrole nitrogens is 1. The number of oxazole rings is 1. The maximum Gasteiger partial charge on any atom is 0.250 e. The van der Waals surface area contributed by atoms with Gasteiger partial charge in [-0.3, -0.25) is 4.79 Å². The minimum Gasteiger partial charge on any atom is -0.442 e. The average molecular weight is 150 g/mol. The van der Waals surface area contributed by atoms with E-state index in [0.29, 0.717) is 11.2 Å². The van der Waals surface area contributed by atoms with E-state index in [4.69, 9.17) is 4.42 Å². The number of nitrogens with zero attached hydrogens (tertiary/aromatic N) is 1. The number of aryl methyl sites for hydroxylation is 1. The molecular formula is C7H6N2O2. The molecule has 0 aliphatic rings. The van der Waals surface area contributed by atoms with Crippen molar-refractivity contribution in [3.05, 3.63) is 28.4 Å². The highest BCUT2D eigenvalue weighted by atomic mass is 16.3. The van der Waals surface area contributed by atoms with Crippen LogP contribution in [0.5, 0.6) is 0 Å². The Morgan fingerprint density at radius 2 is 2.45 bits per heavy atom. The van der Waals surface area contributed by atoms with Gasteiger partial charge in [0, 0.05) is 11.6 Å². The number of pyridine rings is 1. The number of hydrogen-bond acceptors (Lipinski definition) is 3. The van der Waals surface area contributed by atoms with Crippen LogP contribution in [0.3, 0.4) is 0 Å². The molecule has 0 radical (unpaired) electrons. The predicted octanol–water partition coefficient (Wildman–Crippen LogP) is 0.825. The van der Waals surface area contributed by atoms with E-state index >= 15 is 0 Å². The van der Waals surface area contributed by atoms with Gasteiger partial charge in [0.25, 0.3) is 0 Å². The largest absolute Gasteiger partial charge is 0.442 e. The molecule has 0 unspecified atom stereocenters. The lowest BCUT2D eigenvalue weighted by Crippen LogP contribution is -2.03. The molecule has 2 rings (SSSR count). The molecule has 2 aromatic heterocycles. The van der Waals surface area contributed by atoms with E-state index in [-0.39, 0.29) is 5.56 Å². The van der Waals surface area contributed by atoms with Crippen LogP contribution in [0.1, 0.15) is 5.56 Å². The third kappa shape index (κ3) is 0.832. The zero-order valence-corrected chi connectivity index (χ0v) is 5.92. The lowest BCUT2D eigenvalue weighted by molar-refractivity contribution is 0.599. The normalized spacial score (nSPS) is 10.6. The van der Waals surface area contributed by atoms with Crippen molar-refractivity contribution in [1.29, 1.82) is 0 Å². The minimum absolute atomic E-state index is 0.149. The minimum atomic E-state index is -0.149. The van der Waals surface area contributed by atoms with Crippen LogP contribution in [0.4, 0.5) is 0 Å². The van der Waals surface area contributed by atoms with E-state index in [0.717, 1.165) is 5.56 Å². The Balaban J connectivity index is 3.02. The third-order valence-corrected chi connectivity index (χ3v) is 1.51. The highest BCUT2D eigenvalue weighted by Gasteiger charge is 2.01. The summed E-state index contributed by atoms with van der Waals surface area (Å²) in [6.07, 6.45) is 1.31. The van der Waals surface area contributed by atoms with Crippen molar-refractivity contribution in [1.82, 2.24) is 9.97 Å². The zero-order valence-electron chi connectivity index (χ0n) is 5.92. The molecule has 1 N–H and O–H groups in total. The first-order valence-corrected chi connectivity index (χ1v) is 3.20. The molecule has 0 aliphatic carbocycles. The second kappa shape index (κ2) is 1.95. The fourth-order valence-corrected chi connectivity index (χ4v) is 1.03. The van der Waals surface area contributed by atoms with Crippen molar-refractivity contribution < 1.29 is 4.42 Å². The van der Waals surface area contributed by atoms with E-state index in [9.17, 15) is 4.79 Å². The van der Waals surface area contributed by atoms with Gasteiger partial charge < -0.3 is 9.40 Å². The first-order valence-electron chi connectivity index (χ1n) is 3.20. The summed E-state index contributed by atoms with van der Waals surface area (Å²) in [7, 11) is 0. The van der Waals surface area contributed by atoms with Gasteiger partial charge in [-0.05, 0) is 6.92 Å². The second-order valence-corrected chi connectivity index (χ2v) is 2.35. The number of nitrogens with one attached hydrogen (secondary N) is 1. The molecular weight excluding hydrogens is 144 g/mol. The summed E-state index contributed by atoms with van der Waals surface area (Å²) < 4.78 is 5.02. The molecule has 4 heteroatoms. The van der Waals surface area contributed by atoms with Crippen molar-refractivity contribution in [2.75, 3.05) is 0 Å². The van der Waals surface area contributed by atoms with Crippen molar-refractivity contribution in [2.45, 2.75) is 6.92 Å². The van der Waals surface area contributed by atoms with Gasteiger partial charge in [0.1, 0.15) is 0 Å². The summed E-state index contributed by atoms with van der Waals surface area (Å²) >= 11 is 0. The van der Waals surface area contributed by atoms with E-state index < -0.39 is 0 Å². The summed E-state index contributed by atoms with van der Waals surface area (Å²) in [6, 6.07) is 1.48. The highest BCUT2D eigenvalue weighted by molar-refractivity contribution is 5.70. The summed E-state index contributed by atoms with van der Waals surface area (Å²) in [4.78, 5) is 17.2. The number of rotatable bonds is 0. The molecule has 11 heavy (non-hydrogen) atoms. The quantitative estimate of drug-likeness (QED) is 0.604. The Morgan fingerprint density at radius 1 is 1.64 bits per heavy atom. The lowest BCUT2D eigenvalue weighted by Gasteiger charge is -1.89. The molecule has 4 nitrogen and oxygen atoms in total. The van der Waals surface area contributed by atoms with Crippen molar-refractivity contribution in [3.8, 4) is 0 Å². The molecule has 56 valence electrons. The van der Waals surface area contributed by atoms with Gasteiger partial charge in [-0.2, -0.15) is 4.98 Å². The van der Waals surface area contributed by atoms with E-state index in [1.165, 1.54) is 12.5 Å². The molecule has 0 fully saturated rings. The first kappa shape index (κ1) is 6.15. The smallest absolute Gasteiger partial charge is 0.250 e. The maximum atomic E-state index is 10.9. The van der Waals surface area contributed by atoms with Crippen molar-refractivity contribution in [3.63, 3.8) is 0 Å². The van der Waals surface area contributed by atoms with Crippen LogP contribution in [0.15, 0.2) is 21.7 Å². The molecule has 0 atom stereocenters. The summed E-state index contributed by atoms with van der Waals surface area (Å²) in [5.41, 5.74) is 1.81.